The fraction of sp³-hybridized carbons (Fsp3) is 0.906. The lowest BCUT2D eigenvalue weighted by Crippen LogP contribution is -2.55. The van der Waals surface area contributed by atoms with Crippen LogP contribution in [0.5, 0.6) is 0 Å². The van der Waals surface area contributed by atoms with Crippen LogP contribution in [0, 0.1) is 39.4 Å². The van der Waals surface area contributed by atoms with Gasteiger partial charge in [0.15, 0.2) is 0 Å². The summed E-state index contributed by atoms with van der Waals surface area (Å²) < 4.78 is 11.8. The molecule has 1 aliphatic heterocycles. The predicted molar refractivity (Wildman–Crippen MR) is 142 cm³/mol. The number of hydrogen-bond acceptors (Lipinski definition) is 3. The number of epoxide rings is 1. The van der Waals surface area contributed by atoms with Crippen molar-refractivity contribution in [2.75, 3.05) is 0 Å². The van der Waals surface area contributed by atoms with Gasteiger partial charge >= 0.3 is 5.97 Å². The summed E-state index contributed by atoms with van der Waals surface area (Å²) in [6.45, 7) is 21.2. The van der Waals surface area contributed by atoms with Gasteiger partial charge in [-0.15, -0.1) is 0 Å². The molecule has 4 unspecified atom stereocenters. The van der Waals surface area contributed by atoms with Crippen molar-refractivity contribution < 1.29 is 14.3 Å². The summed E-state index contributed by atoms with van der Waals surface area (Å²) >= 11 is 0. The molecule has 8 atom stereocenters. The van der Waals surface area contributed by atoms with Crippen LogP contribution in [-0.2, 0) is 14.3 Å². The molecule has 3 nitrogen and oxygen atoms in total. The lowest BCUT2D eigenvalue weighted by molar-refractivity contribution is -0.167. The highest BCUT2D eigenvalue weighted by Gasteiger charge is 2.63. The molecule has 0 amide bonds. The van der Waals surface area contributed by atoms with Crippen LogP contribution in [0.25, 0.3) is 0 Å². The molecule has 1 heterocycles. The van der Waals surface area contributed by atoms with E-state index in [2.05, 4.69) is 55.4 Å². The van der Waals surface area contributed by atoms with E-state index in [0.717, 1.165) is 18.3 Å². The molecule has 0 aromatic heterocycles. The topological polar surface area (TPSA) is 38.8 Å². The largest absolute Gasteiger partial charge is 0.462 e. The van der Waals surface area contributed by atoms with Gasteiger partial charge in [0.1, 0.15) is 6.10 Å². The molecule has 0 bridgehead atoms. The maximum Gasteiger partial charge on any atom is 0.302 e. The summed E-state index contributed by atoms with van der Waals surface area (Å²) in [6.07, 6.45) is 13.1. The first kappa shape index (κ1) is 25.8. The van der Waals surface area contributed by atoms with E-state index in [0.29, 0.717) is 22.9 Å². The van der Waals surface area contributed by atoms with E-state index in [1.807, 2.05) is 11.1 Å². The van der Waals surface area contributed by atoms with Gasteiger partial charge in [0.2, 0.25) is 0 Å². The Balaban J connectivity index is 1.40. The minimum absolute atomic E-state index is 0.0320. The van der Waals surface area contributed by atoms with Crippen molar-refractivity contribution in [1.82, 2.24) is 0 Å². The van der Waals surface area contributed by atoms with Crippen LogP contribution in [0.2, 0.25) is 0 Å². The Bertz CT molecular complexity index is 914. The van der Waals surface area contributed by atoms with Crippen molar-refractivity contribution >= 4 is 5.97 Å². The van der Waals surface area contributed by atoms with E-state index in [9.17, 15) is 4.79 Å². The number of esters is 1. The molecule has 4 aliphatic carbocycles. The van der Waals surface area contributed by atoms with Gasteiger partial charge in [-0.1, -0.05) is 52.7 Å². The second kappa shape index (κ2) is 8.08. The minimum atomic E-state index is -0.119. The number of fused-ring (bicyclic) bond motifs is 4. The van der Waals surface area contributed by atoms with Crippen LogP contribution in [0.1, 0.15) is 127 Å². The van der Waals surface area contributed by atoms with Gasteiger partial charge < -0.3 is 9.47 Å². The van der Waals surface area contributed by atoms with E-state index >= 15 is 0 Å². The molecule has 5 rings (SSSR count). The third-order valence-electron chi connectivity index (χ3n) is 12.8. The van der Waals surface area contributed by atoms with Crippen molar-refractivity contribution in [3.63, 3.8) is 0 Å². The van der Waals surface area contributed by atoms with Gasteiger partial charge in [-0.05, 0) is 112 Å². The normalized spacial score (nSPS) is 46.3. The van der Waals surface area contributed by atoms with E-state index in [1.165, 1.54) is 57.8 Å². The van der Waals surface area contributed by atoms with Crippen LogP contribution in [-0.4, -0.2) is 23.8 Å². The monoisotopic (exact) mass is 484 g/mol. The lowest BCUT2D eigenvalue weighted by Gasteiger charge is -2.62. The van der Waals surface area contributed by atoms with Crippen LogP contribution >= 0.6 is 0 Å². The summed E-state index contributed by atoms with van der Waals surface area (Å²) in [5, 5.41) is 0. The molecule has 0 spiro atoms. The van der Waals surface area contributed by atoms with Crippen molar-refractivity contribution in [3.8, 4) is 0 Å². The molecule has 35 heavy (non-hydrogen) atoms. The van der Waals surface area contributed by atoms with Crippen LogP contribution in [0.3, 0.4) is 0 Å². The molecule has 2 saturated carbocycles. The van der Waals surface area contributed by atoms with Crippen LogP contribution < -0.4 is 0 Å². The van der Waals surface area contributed by atoms with Gasteiger partial charge in [-0.25, -0.2) is 0 Å². The van der Waals surface area contributed by atoms with Crippen LogP contribution in [0.4, 0.5) is 0 Å². The summed E-state index contributed by atoms with van der Waals surface area (Å²) in [6, 6.07) is 0. The second-order valence-corrected chi connectivity index (χ2v) is 15.1. The maximum atomic E-state index is 11.8. The Labute approximate surface area is 215 Å². The first-order chi connectivity index (χ1) is 16.2. The Morgan fingerprint density at radius 2 is 1.66 bits per heavy atom. The highest BCUT2D eigenvalue weighted by molar-refractivity contribution is 5.66. The van der Waals surface area contributed by atoms with Gasteiger partial charge in [-0.3, -0.25) is 4.79 Å². The number of hydrogen-bond donors (Lipinski definition) is 0. The molecular formula is C32H52O3. The molecule has 0 aromatic rings. The molecule has 5 aliphatic rings. The molecular weight excluding hydrogens is 432 g/mol. The van der Waals surface area contributed by atoms with E-state index < -0.39 is 0 Å². The number of ether oxygens (including phenoxy) is 2. The van der Waals surface area contributed by atoms with Crippen molar-refractivity contribution in [2.45, 2.75) is 144 Å². The van der Waals surface area contributed by atoms with Crippen molar-refractivity contribution in [2.24, 2.45) is 39.4 Å². The lowest BCUT2D eigenvalue weighted by atomic mass is 9.43. The molecule has 0 N–H and O–H groups in total. The van der Waals surface area contributed by atoms with Gasteiger partial charge in [0.05, 0.1) is 11.7 Å². The molecule has 0 radical (unpaired) electrons. The number of carbonyl (C=O) groups is 1. The number of allylic oxidation sites excluding steroid dienone is 2. The minimum Gasteiger partial charge on any atom is -0.462 e. The van der Waals surface area contributed by atoms with Gasteiger partial charge in [0, 0.05) is 12.3 Å². The van der Waals surface area contributed by atoms with E-state index in [4.69, 9.17) is 9.47 Å². The highest BCUT2D eigenvalue weighted by Crippen LogP contribution is 2.72. The fourth-order valence-corrected chi connectivity index (χ4v) is 10.4. The molecule has 3 fully saturated rings. The SMILES string of the molecule is CC(=O)OC1CC[C@]2(C)C3=C(CCC2C1(C)C)[C@]1(C)CCC([C@@H](C)CCC2OC2(C)C)[C@@]1(C)CC3. The first-order valence-electron chi connectivity index (χ1n) is 14.7. The first-order valence-corrected chi connectivity index (χ1v) is 14.7. The van der Waals surface area contributed by atoms with Gasteiger partial charge in [0.25, 0.3) is 0 Å². The van der Waals surface area contributed by atoms with Crippen molar-refractivity contribution in [1.29, 1.82) is 0 Å². The fourth-order valence-electron chi connectivity index (χ4n) is 10.4. The molecule has 3 heteroatoms. The van der Waals surface area contributed by atoms with E-state index in [1.54, 1.807) is 6.92 Å². The Hall–Kier alpha value is -0.830. The smallest absolute Gasteiger partial charge is 0.302 e. The summed E-state index contributed by atoms with van der Waals surface area (Å²) in [7, 11) is 0. The molecule has 1 saturated heterocycles. The summed E-state index contributed by atoms with van der Waals surface area (Å²) in [5.41, 5.74) is 4.85. The predicted octanol–water partition coefficient (Wildman–Crippen LogP) is 8.26. The van der Waals surface area contributed by atoms with Crippen LogP contribution in [0.15, 0.2) is 11.1 Å². The standard InChI is InChI=1S/C32H52O3/c1-20(10-13-27-29(5,6)35-27)22-14-18-32(9)24-11-12-25-28(3,4)26(34-21(2)33)16-17-30(25,7)23(24)15-19-31(22,32)8/h20,22,25-27H,10-19H2,1-9H3/t20-,22?,25?,26?,27?,30+,31+,32-/m0/s1. The van der Waals surface area contributed by atoms with E-state index in [-0.39, 0.29) is 28.5 Å². The Morgan fingerprint density at radius 1 is 0.971 bits per heavy atom. The average Bonchev–Trinajstić information content (AvgIpc) is 3.26. The number of rotatable bonds is 5. The maximum absolute atomic E-state index is 11.8. The zero-order chi connectivity index (χ0) is 25.6. The third-order valence-corrected chi connectivity index (χ3v) is 12.8. The Kier molecular flexibility index (Phi) is 5.96. The average molecular weight is 485 g/mol. The van der Waals surface area contributed by atoms with Gasteiger partial charge in [-0.2, -0.15) is 0 Å². The zero-order valence-corrected chi connectivity index (χ0v) is 24.2. The third kappa shape index (κ3) is 3.71. The summed E-state index contributed by atoms with van der Waals surface area (Å²) in [5.74, 6) is 2.07. The molecule has 0 aromatic carbocycles. The van der Waals surface area contributed by atoms with Crippen molar-refractivity contribution in [3.05, 3.63) is 11.1 Å². The number of carbonyl (C=O) groups excluding carboxylic acids is 1. The molecule has 198 valence electrons. The highest BCUT2D eigenvalue weighted by atomic mass is 16.6. The Morgan fingerprint density at radius 3 is 2.29 bits per heavy atom. The quantitative estimate of drug-likeness (QED) is 0.224. The second-order valence-electron chi connectivity index (χ2n) is 15.1. The zero-order valence-electron chi connectivity index (χ0n) is 24.2. The summed E-state index contributed by atoms with van der Waals surface area (Å²) in [4.78, 5) is 11.8.